The highest BCUT2D eigenvalue weighted by Gasteiger charge is 2.18. The van der Waals surface area contributed by atoms with Crippen LogP contribution in [0.1, 0.15) is 39.8 Å². The van der Waals surface area contributed by atoms with Gasteiger partial charge >= 0.3 is 0 Å². The number of carbonyl (C=O) groups excluding carboxylic acids is 1. The SMILES string of the molecule is CCOCCn1c(C)cc(=O)c(C(=O)Nc2ccc(C)cc2C)c1C. The third-order valence-electron chi connectivity index (χ3n) is 4.30. The molecule has 1 aromatic carbocycles. The van der Waals surface area contributed by atoms with Gasteiger partial charge in [0, 0.05) is 36.3 Å². The Labute approximate surface area is 148 Å². The number of hydrogen-bond acceptors (Lipinski definition) is 3. The number of aromatic nitrogens is 1. The molecule has 1 aromatic heterocycles. The highest BCUT2D eigenvalue weighted by atomic mass is 16.5. The fraction of sp³-hybridized carbons (Fsp3) is 0.400. The number of nitrogens with zero attached hydrogens (tertiary/aromatic N) is 1. The van der Waals surface area contributed by atoms with E-state index < -0.39 is 0 Å². The predicted octanol–water partition coefficient (Wildman–Crippen LogP) is 3.37. The molecule has 2 aromatic rings. The van der Waals surface area contributed by atoms with Crippen molar-refractivity contribution in [3.05, 3.63) is 62.6 Å². The van der Waals surface area contributed by atoms with E-state index in [0.29, 0.717) is 25.5 Å². The summed E-state index contributed by atoms with van der Waals surface area (Å²) < 4.78 is 7.35. The van der Waals surface area contributed by atoms with E-state index >= 15 is 0 Å². The number of pyridine rings is 1. The summed E-state index contributed by atoms with van der Waals surface area (Å²) in [6.45, 7) is 11.3. The molecule has 5 heteroatoms. The molecule has 0 bridgehead atoms. The first-order valence-electron chi connectivity index (χ1n) is 8.52. The van der Waals surface area contributed by atoms with Crippen LogP contribution in [0.3, 0.4) is 0 Å². The molecule has 0 saturated heterocycles. The normalized spacial score (nSPS) is 10.8. The second-order valence-corrected chi connectivity index (χ2v) is 6.23. The zero-order valence-corrected chi connectivity index (χ0v) is 15.6. The molecule has 0 aliphatic rings. The van der Waals surface area contributed by atoms with Gasteiger partial charge in [0.05, 0.1) is 6.61 Å². The Balaban J connectivity index is 2.35. The fourth-order valence-electron chi connectivity index (χ4n) is 2.98. The highest BCUT2D eigenvalue weighted by Crippen LogP contribution is 2.17. The van der Waals surface area contributed by atoms with E-state index in [0.717, 1.165) is 22.5 Å². The molecule has 0 atom stereocenters. The molecule has 0 aliphatic carbocycles. The summed E-state index contributed by atoms with van der Waals surface area (Å²) in [5, 5.41) is 2.87. The molecule has 1 heterocycles. The smallest absolute Gasteiger partial charge is 0.261 e. The third-order valence-corrected chi connectivity index (χ3v) is 4.30. The summed E-state index contributed by atoms with van der Waals surface area (Å²) in [7, 11) is 0. The van der Waals surface area contributed by atoms with Crippen LogP contribution in [0.15, 0.2) is 29.1 Å². The number of benzene rings is 1. The zero-order valence-electron chi connectivity index (χ0n) is 15.6. The largest absolute Gasteiger partial charge is 0.380 e. The van der Waals surface area contributed by atoms with Gasteiger partial charge in [0.2, 0.25) is 0 Å². The van der Waals surface area contributed by atoms with Crippen molar-refractivity contribution in [1.82, 2.24) is 4.57 Å². The number of amides is 1. The molecule has 25 heavy (non-hydrogen) atoms. The maximum absolute atomic E-state index is 12.7. The first kappa shape index (κ1) is 18.9. The second kappa shape index (κ2) is 8.12. The number of hydrogen-bond donors (Lipinski definition) is 1. The minimum absolute atomic E-state index is 0.182. The van der Waals surface area contributed by atoms with E-state index in [1.807, 2.05) is 50.5 Å². The van der Waals surface area contributed by atoms with Gasteiger partial charge < -0.3 is 14.6 Å². The van der Waals surface area contributed by atoms with Crippen LogP contribution in [0.5, 0.6) is 0 Å². The Morgan fingerprint density at radius 2 is 1.88 bits per heavy atom. The van der Waals surface area contributed by atoms with Crippen molar-refractivity contribution >= 4 is 11.6 Å². The van der Waals surface area contributed by atoms with Crippen molar-refractivity contribution in [3.8, 4) is 0 Å². The standard InChI is InChI=1S/C20H26N2O3/c1-6-25-10-9-22-15(4)12-18(23)19(16(22)5)20(24)21-17-8-7-13(2)11-14(17)3/h7-8,11-12H,6,9-10H2,1-5H3,(H,21,24). The molecule has 0 spiro atoms. The maximum Gasteiger partial charge on any atom is 0.261 e. The van der Waals surface area contributed by atoms with Crippen LogP contribution >= 0.6 is 0 Å². The molecule has 1 amide bonds. The number of carbonyl (C=O) groups is 1. The Bertz CT molecular complexity index is 838. The lowest BCUT2D eigenvalue weighted by Gasteiger charge is -2.18. The van der Waals surface area contributed by atoms with Crippen LogP contribution in [0, 0.1) is 27.7 Å². The van der Waals surface area contributed by atoms with Crippen LogP contribution in [0.2, 0.25) is 0 Å². The maximum atomic E-state index is 12.7. The van der Waals surface area contributed by atoms with Gasteiger partial charge in [-0.2, -0.15) is 0 Å². The molecule has 2 rings (SSSR count). The predicted molar refractivity (Wildman–Crippen MR) is 101 cm³/mol. The van der Waals surface area contributed by atoms with Crippen molar-refractivity contribution < 1.29 is 9.53 Å². The van der Waals surface area contributed by atoms with Crippen LogP contribution in [-0.4, -0.2) is 23.7 Å². The number of anilines is 1. The lowest BCUT2D eigenvalue weighted by atomic mass is 10.1. The molecule has 1 N–H and O–H groups in total. The molecule has 0 fully saturated rings. The second-order valence-electron chi connectivity index (χ2n) is 6.23. The molecule has 134 valence electrons. The van der Waals surface area contributed by atoms with Gasteiger partial charge in [-0.25, -0.2) is 0 Å². The summed E-state index contributed by atoms with van der Waals surface area (Å²) in [5.41, 5.74) is 4.22. The number of nitrogens with one attached hydrogen (secondary N) is 1. The Morgan fingerprint density at radius 1 is 1.16 bits per heavy atom. The van der Waals surface area contributed by atoms with Crippen LogP contribution in [0.25, 0.3) is 0 Å². The molecule has 0 saturated carbocycles. The van der Waals surface area contributed by atoms with E-state index in [2.05, 4.69) is 5.32 Å². The van der Waals surface area contributed by atoms with E-state index in [1.165, 1.54) is 6.07 Å². The quantitative estimate of drug-likeness (QED) is 0.819. The molecule has 0 unspecified atom stereocenters. The topological polar surface area (TPSA) is 60.3 Å². The molecular formula is C20H26N2O3. The number of ether oxygens (including phenoxy) is 1. The summed E-state index contributed by atoms with van der Waals surface area (Å²) in [6, 6.07) is 7.30. The first-order valence-corrected chi connectivity index (χ1v) is 8.52. The van der Waals surface area contributed by atoms with E-state index in [4.69, 9.17) is 4.74 Å². The van der Waals surface area contributed by atoms with E-state index in [9.17, 15) is 9.59 Å². The van der Waals surface area contributed by atoms with Crippen LogP contribution in [-0.2, 0) is 11.3 Å². The van der Waals surface area contributed by atoms with Gasteiger partial charge in [-0.15, -0.1) is 0 Å². The average molecular weight is 342 g/mol. The molecular weight excluding hydrogens is 316 g/mol. The minimum atomic E-state index is -0.375. The van der Waals surface area contributed by atoms with Gasteiger partial charge in [-0.3, -0.25) is 9.59 Å². The zero-order chi connectivity index (χ0) is 18.6. The van der Waals surface area contributed by atoms with Gasteiger partial charge in [-0.05, 0) is 46.2 Å². The van der Waals surface area contributed by atoms with E-state index in [-0.39, 0.29) is 16.9 Å². The van der Waals surface area contributed by atoms with Crippen molar-refractivity contribution in [3.63, 3.8) is 0 Å². The number of aryl methyl sites for hydroxylation is 3. The fourth-order valence-corrected chi connectivity index (χ4v) is 2.98. The Kier molecular flexibility index (Phi) is 6.15. The van der Waals surface area contributed by atoms with Crippen LogP contribution < -0.4 is 10.7 Å². The summed E-state index contributed by atoms with van der Waals surface area (Å²) in [6.07, 6.45) is 0. The summed E-state index contributed by atoms with van der Waals surface area (Å²) in [4.78, 5) is 25.1. The van der Waals surface area contributed by atoms with Crippen LogP contribution in [0.4, 0.5) is 5.69 Å². The van der Waals surface area contributed by atoms with E-state index in [1.54, 1.807) is 6.92 Å². The highest BCUT2D eigenvalue weighted by molar-refractivity contribution is 6.05. The monoisotopic (exact) mass is 342 g/mol. The van der Waals surface area contributed by atoms with Gasteiger partial charge in [0.25, 0.3) is 5.91 Å². The summed E-state index contributed by atoms with van der Waals surface area (Å²) in [5.74, 6) is -0.375. The molecule has 0 aliphatic heterocycles. The minimum Gasteiger partial charge on any atom is -0.380 e. The average Bonchev–Trinajstić information content (AvgIpc) is 2.53. The lowest BCUT2D eigenvalue weighted by molar-refractivity contribution is 0.102. The molecule has 5 nitrogen and oxygen atoms in total. The Hall–Kier alpha value is -2.40. The Morgan fingerprint density at radius 3 is 2.52 bits per heavy atom. The third kappa shape index (κ3) is 4.37. The lowest BCUT2D eigenvalue weighted by Crippen LogP contribution is -2.28. The number of rotatable bonds is 6. The van der Waals surface area contributed by atoms with Crippen molar-refractivity contribution in [1.29, 1.82) is 0 Å². The van der Waals surface area contributed by atoms with Crippen molar-refractivity contribution in [2.45, 2.75) is 41.2 Å². The van der Waals surface area contributed by atoms with Gasteiger partial charge in [-0.1, -0.05) is 17.7 Å². The van der Waals surface area contributed by atoms with Gasteiger partial charge in [0.1, 0.15) is 5.56 Å². The van der Waals surface area contributed by atoms with Gasteiger partial charge in [0.15, 0.2) is 5.43 Å². The first-order chi connectivity index (χ1) is 11.8. The van der Waals surface area contributed by atoms with Crippen molar-refractivity contribution in [2.24, 2.45) is 0 Å². The summed E-state index contributed by atoms with van der Waals surface area (Å²) >= 11 is 0. The molecule has 0 radical (unpaired) electrons. The van der Waals surface area contributed by atoms with Crippen molar-refractivity contribution in [2.75, 3.05) is 18.5 Å².